The topological polar surface area (TPSA) is 66.8 Å². The van der Waals surface area contributed by atoms with Gasteiger partial charge in [0, 0.05) is 11.3 Å². The zero-order valence-electron chi connectivity index (χ0n) is 15.9. The molecule has 0 fully saturated rings. The van der Waals surface area contributed by atoms with E-state index in [0.717, 1.165) is 36.1 Å². The van der Waals surface area contributed by atoms with Crippen molar-refractivity contribution in [2.24, 2.45) is 0 Å². The average molecular weight is 377 g/mol. The molecule has 1 aliphatic carbocycles. The molecule has 2 aromatic carbocycles. The molecule has 2 aliphatic heterocycles. The molecule has 5 heteroatoms. The molecule has 2 unspecified atom stereocenters. The molecule has 1 N–H and O–H groups in total. The number of carbonyl (C=O) groups is 2. The molecule has 0 saturated carbocycles. The van der Waals surface area contributed by atoms with Crippen molar-refractivity contribution in [2.45, 2.75) is 50.5 Å². The van der Waals surface area contributed by atoms with Crippen LogP contribution in [-0.4, -0.2) is 29.6 Å². The SMILES string of the molecule is CCC(C(=O)O)N1C(=O)C2(COc3cc4c(cc32)CCCC4)c2ccccc21. The van der Waals surface area contributed by atoms with Crippen LogP contribution >= 0.6 is 0 Å². The average Bonchev–Trinajstić information content (AvgIpc) is 3.19. The molecule has 5 rings (SSSR count). The maximum atomic E-state index is 13.8. The third kappa shape index (κ3) is 2.13. The Morgan fingerprint density at radius 1 is 1.18 bits per heavy atom. The van der Waals surface area contributed by atoms with Crippen LogP contribution in [0.1, 0.15) is 48.4 Å². The lowest BCUT2D eigenvalue weighted by molar-refractivity contribution is -0.140. The van der Waals surface area contributed by atoms with Crippen molar-refractivity contribution < 1.29 is 19.4 Å². The van der Waals surface area contributed by atoms with E-state index < -0.39 is 17.4 Å². The molecule has 2 heterocycles. The zero-order valence-corrected chi connectivity index (χ0v) is 15.9. The van der Waals surface area contributed by atoms with Gasteiger partial charge in [-0.25, -0.2) is 4.79 Å². The van der Waals surface area contributed by atoms with Crippen molar-refractivity contribution in [1.29, 1.82) is 0 Å². The van der Waals surface area contributed by atoms with Crippen LogP contribution in [0.2, 0.25) is 0 Å². The third-order valence-electron chi connectivity index (χ3n) is 6.54. The van der Waals surface area contributed by atoms with Crippen LogP contribution in [0.25, 0.3) is 0 Å². The molecule has 0 saturated heterocycles. The highest BCUT2D eigenvalue weighted by Gasteiger charge is 2.58. The number of carbonyl (C=O) groups excluding carboxylic acids is 1. The van der Waals surface area contributed by atoms with Crippen molar-refractivity contribution in [2.75, 3.05) is 11.5 Å². The number of hydrogen-bond acceptors (Lipinski definition) is 3. The van der Waals surface area contributed by atoms with Crippen LogP contribution in [0.4, 0.5) is 5.69 Å². The molecule has 0 radical (unpaired) electrons. The summed E-state index contributed by atoms with van der Waals surface area (Å²) >= 11 is 0. The second-order valence-corrected chi connectivity index (χ2v) is 7.97. The van der Waals surface area contributed by atoms with E-state index in [-0.39, 0.29) is 12.5 Å². The molecule has 1 spiro atoms. The molecule has 0 aromatic heterocycles. The van der Waals surface area contributed by atoms with Gasteiger partial charge in [-0.15, -0.1) is 0 Å². The van der Waals surface area contributed by atoms with Gasteiger partial charge in [-0.3, -0.25) is 9.69 Å². The molecule has 144 valence electrons. The number of fused-ring (bicyclic) bond motifs is 5. The molecular formula is C23H23NO4. The maximum Gasteiger partial charge on any atom is 0.326 e. The van der Waals surface area contributed by atoms with E-state index in [1.54, 1.807) is 6.92 Å². The minimum Gasteiger partial charge on any atom is -0.491 e. The number of hydrogen-bond donors (Lipinski definition) is 1. The number of aryl methyl sites for hydroxylation is 2. The summed E-state index contributed by atoms with van der Waals surface area (Å²) < 4.78 is 6.06. The number of aliphatic carboxylic acids is 1. The molecule has 2 aromatic rings. The van der Waals surface area contributed by atoms with Gasteiger partial charge in [-0.2, -0.15) is 0 Å². The number of nitrogens with zero attached hydrogens (tertiary/aromatic N) is 1. The van der Waals surface area contributed by atoms with Crippen molar-refractivity contribution in [1.82, 2.24) is 0 Å². The molecule has 3 aliphatic rings. The van der Waals surface area contributed by atoms with E-state index in [4.69, 9.17) is 4.74 Å². The van der Waals surface area contributed by atoms with Crippen molar-refractivity contribution >= 4 is 17.6 Å². The number of benzene rings is 2. The molecule has 28 heavy (non-hydrogen) atoms. The largest absolute Gasteiger partial charge is 0.491 e. The van der Waals surface area contributed by atoms with Gasteiger partial charge in [0.1, 0.15) is 23.8 Å². The predicted molar refractivity (Wildman–Crippen MR) is 105 cm³/mol. The Morgan fingerprint density at radius 2 is 1.89 bits per heavy atom. The fraction of sp³-hybridized carbons (Fsp3) is 0.391. The predicted octanol–water partition coefficient (Wildman–Crippen LogP) is 3.45. The lowest BCUT2D eigenvalue weighted by Crippen LogP contribution is -2.49. The highest BCUT2D eigenvalue weighted by molar-refractivity contribution is 6.14. The monoisotopic (exact) mass is 377 g/mol. The summed E-state index contributed by atoms with van der Waals surface area (Å²) in [6, 6.07) is 10.9. The van der Waals surface area contributed by atoms with Crippen LogP contribution in [0.5, 0.6) is 5.75 Å². The zero-order chi connectivity index (χ0) is 19.5. The Balaban J connectivity index is 1.72. The number of anilines is 1. The third-order valence-corrected chi connectivity index (χ3v) is 6.54. The summed E-state index contributed by atoms with van der Waals surface area (Å²) in [5.41, 5.74) is 4.11. The van der Waals surface area contributed by atoms with E-state index in [2.05, 4.69) is 12.1 Å². The Bertz CT molecular complexity index is 998. The van der Waals surface area contributed by atoms with Gasteiger partial charge in [-0.1, -0.05) is 31.2 Å². The van der Waals surface area contributed by atoms with E-state index in [1.165, 1.54) is 22.4 Å². The standard InChI is InChI=1S/C23H23NO4/c1-2-18(21(25)26)24-19-10-6-5-9-16(19)23(22(24)27)13-28-20-12-15-8-4-3-7-14(15)11-17(20)23/h5-6,9-12,18H,2-4,7-8,13H2,1H3,(H,25,26). The summed E-state index contributed by atoms with van der Waals surface area (Å²) in [6.07, 6.45) is 4.76. The number of rotatable bonds is 3. The molecule has 1 amide bonds. The Morgan fingerprint density at radius 3 is 2.61 bits per heavy atom. The van der Waals surface area contributed by atoms with Crippen LogP contribution in [-0.2, 0) is 27.8 Å². The normalized spacial score (nSPS) is 23.2. The van der Waals surface area contributed by atoms with Gasteiger partial charge < -0.3 is 9.84 Å². The lowest BCUT2D eigenvalue weighted by atomic mass is 9.75. The Kier molecular flexibility index (Phi) is 3.76. The van der Waals surface area contributed by atoms with Gasteiger partial charge >= 0.3 is 5.97 Å². The minimum atomic E-state index is -0.979. The number of amides is 1. The Hall–Kier alpha value is -2.82. The molecule has 5 nitrogen and oxygen atoms in total. The van der Waals surface area contributed by atoms with Crippen LogP contribution < -0.4 is 9.64 Å². The van der Waals surface area contributed by atoms with Crippen LogP contribution in [0, 0.1) is 0 Å². The number of carboxylic acids is 1. The second-order valence-electron chi connectivity index (χ2n) is 7.97. The van der Waals surface area contributed by atoms with Gasteiger partial charge in [0.05, 0.1) is 0 Å². The maximum absolute atomic E-state index is 13.8. The number of ether oxygens (including phenoxy) is 1. The fourth-order valence-corrected chi connectivity index (χ4v) is 5.13. The molecular weight excluding hydrogens is 354 g/mol. The summed E-state index contributed by atoms with van der Waals surface area (Å²) in [5.74, 6) is -0.390. The number of carboxylic acid groups (broad SMARTS) is 1. The highest BCUT2D eigenvalue weighted by atomic mass is 16.5. The summed E-state index contributed by atoms with van der Waals surface area (Å²) in [4.78, 5) is 27.2. The van der Waals surface area contributed by atoms with Crippen molar-refractivity contribution in [3.8, 4) is 5.75 Å². The summed E-state index contributed by atoms with van der Waals surface area (Å²) in [5, 5.41) is 9.74. The van der Waals surface area contributed by atoms with E-state index >= 15 is 0 Å². The quantitative estimate of drug-likeness (QED) is 0.890. The van der Waals surface area contributed by atoms with Gasteiger partial charge in [-0.05, 0) is 60.9 Å². The van der Waals surface area contributed by atoms with E-state index in [0.29, 0.717) is 12.1 Å². The van der Waals surface area contributed by atoms with E-state index in [1.807, 2.05) is 24.3 Å². The van der Waals surface area contributed by atoms with Gasteiger partial charge in [0.2, 0.25) is 5.91 Å². The minimum absolute atomic E-state index is 0.183. The van der Waals surface area contributed by atoms with Gasteiger partial charge in [0.15, 0.2) is 0 Å². The first-order valence-corrected chi connectivity index (χ1v) is 10.0. The first-order valence-electron chi connectivity index (χ1n) is 10.0. The van der Waals surface area contributed by atoms with Crippen LogP contribution in [0.3, 0.4) is 0 Å². The van der Waals surface area contributed by atoms with Crippen LogP contribution in [0.15, 0.2) is 36.4 Å². The van der Waals surface area contributed by atoms with E-state index in [9.17, 15) is 14.7 Å². The van der Waals surface area contributed by atoms with Gasteiger partial charge in [0.25, 0.3) is 0 Å². The lowest BCUT2D eigenvalue weighted by Gasteiger charge is -2.27. The summed E-state index contributed by atoms with van der Waals surface area (Å²) in [7, 11) is 0. The second kappa shape index (κ2) is 6.09. The van der Waals surface area contributed by atoms with Crippen molar-refractivity contribution in [3.05, 3.63) is 58.7 Å². The first-order chi connectivity index (χ1) is 13.6. The fourth-order valence-electron chi connectivity index (χ4n) is 5.13. The smallest absolute Gasteiger partial charge is 0.326 e. The number of para-hydroxylation sites is 1. The molecule has 0 bridgehead atoms. The molecule has 2 atom stereocenters. The summed E-state index contributed by atoms with van der Waals surface area (Å²) in [6.45, 7) is 2.03. The highest BCUT2D eigenvalue weighted by Crippen LogP contribution is 2.53. The van der Waals surface area contributed by atoms with Crippen molar-refractivity contribution in [3.63, 3.8) is 0 Å². The Labute approximate surface area is 163 Å². The first kappa shape index (κ1) is 17.3.